The first kappa shape index (κ1) is 18.5. The molecule has 2 rings (SSSR count). The van der Waals surface area contributed by atoms with E-state index in [4.69, 9.17) is 9.47 Å². The smallest absolute Gasteiger partial charge is 0.310 e. The van der Waals surface area contributed by atoms with Crippen molar-refractivity contribution in [3.8, 4) is 5.75 Å². The quantitative estimate of drug-likeness (QED) is 0.725. The fourth-order valence-corrected chi connectivity index (χ4v) is 2.24. The Balaban J connectivity index is 1.77. The molecule has 2 aromatic rings. The Morgan fingerprint density at radius 2 is 1.68 bits per heavy atom. The van der Waals surface area contributed by atoms with Gasteiger partial charge in [0.2, 0.25) is 0 Å². The number of carbonyl (C=O) groups excluding carboxylic acids is 2. The number of amides is 1. The second-order valence-electron chi connectivity index (χ2n) is 5.78. The Hall–Kier alpha value is -2.82. The normalized spacial score (nSPS) is 11.5. The molecule has 25 heavy (non-hydrogen) atoms. The van der Waals surface area contributed by atoms with Crippen LogP contribution in [0.3, 0.4) is 0 Å². The first-order chi connectivity index (χ1) is 12.0. The summed E-state index contributed by atoms with van der Waals surface area (Å²) in [6, 6.07) is 16.8. The number of benzene rings is 2. The van der Waals surface area contributed by atoms with Crippen molar-refractivity contribution in [2.45, 2.75) is 26.4 Å². The van der Waals surface area contributed by atoms with Crippen LogP contribution in [0, 0.1) is 6.92 Å². The maximum atomic E-state index is 12.3. The molecule has 0 spiro atoms. The van der Waals surface area contributed by atoms with Crippen LogP contribution in [0.1, 0.15) is 18.9 Å². The second-order valence-corrected chi connectivity index (χ2v) is 5.78. The van der Waals surface area contributed by atoms with Gasteiger partial charge in [-0.15, -0.1) is 0 Å². The molecule has 0 aliphatic heterocycles. The number of aryl methyl sites for hydroxylation is 1. The monoisotopic (exact) mass is 341 g/mol. The van der Waals surface area contributed by atoms with E-state index in [1.807, 2.05) is 61.5 Å². The van der Waals surface area contributed by atoms with E-state index in [9.17, 15) is 9.59 Å². The molecular weight excluding hydrogens is 318 g/mol. The minimum atomic E-state index is -0.850. The molecule has 132 valence electrons. The largest absolute Gasteiger partial charge is 0.493 e. The number of nitrogens with zero attached hydrogens (tertiary/aromatic N) is 1. The summed E-state index contributed by atoms with van der Waals surface area (Å²) in [7, 11) is 1.66. The van der Waals surface area contributed by atoms with Crippen molar-refractivity contribution in [2.75, 3.05) is 18.6 Å². The van der Waals surface area contributed by atoms with Crippen molar-refractivity contribution in [3.05, 3.63) is 60.2 Å². The molecule has 5 heteroatoms. The average Bonchev–Trinajstić information content (AvgIpc) is 2.62. The Kier molecular flexibility index (Phi) is 6.57. The lowest BCUT2D eigenvalue weighted by Gasteiger charge is -2.21. The summed E-state index contributed by atoms with van der Waals surface area (Å²) in [4.78, 5) is 25.7. The zero-order valence-electron chi connectivity index (χ0n) is 14.8. The molecule has 0 saturated heterocycles. The first-order valence-corrected chi connectivity index (χ1v) is 8.19. The van der Waals surface area contributed by atoms with Gasteiger partial charge in [0, 0.05) is 12.7 Å². The van der Waals surface area contributed by atoms with Crippen LogP contribution in [0.15, 0.2) is 54.6 Å². The topological polar surface area (TPSA) is 55.8 Å². The molecule has 0 aliphatic carbocycles. The highest BCUT2D eigenvalue weighted by molar-refractivity contribution is 5.96. The molecule has 0 heterocycles. The van der Waals surface area contributed by atoms with Crippen molar-refractivity contribution < 1.29 is 19.1 Å². The number of esters is 1. The molecule has 1 amide bonds. The number of ether oxygens (including phenoxy) is 2. The third kappa shape index (κ3) is 5.64. The Morgan fingerprint density at radius 3 is 2.32 bits per heavy atom. The molecule has 0 radical (unpaired) electrons. The summed E-state index contributed by atoms with van der Waals surface area (Å²) in [5.41, 5.74) is 1.89. The van der Waals surface area contributed by atoms with Gasteiger partial charge in [-0.25, -0.2) is 0 Å². The number of para-hydroxylation sites is 1. The van der Waals surface area contributed by atoms with Gasteiger partial charge in [0.15, 0.2) is 6.10 Å². The molecule has 1 atom stereocenters. The van der Waals surface area contributed by atoms with Gasteiger partial charge in [0.05, 0.1) is 13.0 Å². The number of hydrogen-bond donors (Lipinski definition) is 0. The summed E-state index contributed by atoms with van der Waals surface area (Å²) >= 11 is 0. The van der Waals surface area contributed by atoms with Crippen molar-refractivity contribution in [1.82, 2.24) is 0 Å². The highest BCUT2D eigenvalue weighted by atomic mass is 16.5. The molecule has 0 aliphatic rings. The van der Waals surface area contributed by atoms with E-state index < -0.39 is 12.1 Å². The Morgan fingerprint density at radius 1 is 1.04 bits per heavy atom. The fourth-order valence-electron chi connectivity index (χ4n) is 2.24. The van der Waals surface area contributed by atoms with Crippen LogP contribution < -0.4 is 9.64 Å². The standard InChI is InChI=1S/C20H23NO4/c1-15-9-11-18(12-10-15)24-14-13-19(22)25-16(2)20(23)21(3)17-7-5-4-6-8-17/h4-12,16H,13-14H2,1-3H3. The van der Waals surface area contributed by atoms with Gasteiger partial charge in [-0.1, -0.05) is 35.9 Å². The minimum Gasteiger partial charge on any atom is -0.493 e. The van der Waals surface area contributed by atoms with E-state index >= 15 is 0 Å². The lowest BCUT2D eigenvalue weighted by molar-refractivity contribution is -0.154. The molecule has 0 aromatic heterocycles. The van der Waals surface area contributed by atoms with Crippen LogP contribution in [0.25, 0.3) is 0 Å². The van der Waals surface area contributed by atoms with E-state index in [0.29, 0.717) is 5.75 Å². The van der Waals surface area contributed by atoms with Crippen molar-refractivity contribution in [3.63, 3.8) is 0 Å². The van der Waals surface area contributed by atoms with Gasteiger partial charge in [-0.05, 0) is 38.1 Å². The molecule has 5 nitrogen and oxygen atoms in total. The van der Waals surface area contributed by atoms with Gasteiger partial charge in [0.1, 0.15) is 5.75 Å². The first-order valence-electron chi connectivity index (χ1n) is 8.19. The zero-order chi connectivity index (χ0) is 18.2. The summed E-state index contributed by atoms with van der Waals surface area (Å²) < 4.78 is 10.7. The summed E-state index contributed by atoms with van der Waals surface area (Å²) in [6.07, 6.45) is -0.766. The number of rotatable bonds is 7. The van der Waals surface area contributed by atoms with Crippen molar-refractivity contribution >= 4 is 17.6 Å². The summed E-state index contributed by atoms with van der Waals surface area (Å²) in [5, 5.41) is 0. The molecular formula is C20H23NO4. The minimum absolute atomic E-state index is 0.0839. The number of hydrogen-bond acceptors (Lipinski definition) is 4. The van der Waals surface area contributed by atoms with Gasteiger partial charge < -0.3 is 14.4 Å². The van der Waals surface area contributed by atoms with Crippen molar-refractivity contribution in [2.24, 2.45) is 0 Å². The Bertz CT molecular complexity index is 697. The predicted molar refractivity (Wildman–Crippen MR) is 96.7 cm³/mol. The average molecular weight is 341 g/mol. The molecule has 0 N–H and O–H groups in total. The van der Waals surface area contributed by atoms with Gasteiger partial charge >= 0.3 is 5.97 Å². The highest BCUT2D eigenvalue weighted by Crippen LogP contribution is 2.14. The van der Waals surface area contributed by atoms with E-state index in [0.717, 1.165) is 11.3 Å². The van der Waals surface area contributed by atoms with Crippen molar-refractivity contribution in [1.29, 1.82) is 0 Å². The van der Waals surface area contributed by atoms with Crippen LogP contribution in [-0.2, 0) is 14.3 Å². The van der Waals surface area contributed by atoms with E-state index in [1.54, 1.807) is 14.0 Å². The summed E-state index contributed by atoms with van der Waals surface area (Å²) in [6.45, 7) is 3.77. The lowest BCUT2D eigenvalue weighted by Crippen LogP contribution is -2.37. The number of carbonyl (C=O) groups is 2. The predicted octanol–water partition coefficient (Wildman–Crippen LogP) is 3.36. The highest BCUT2D eigenvalue weighted by Gasteiger charge is 2.22. The summed E-state index contributed by atoms with van der Waals surface area (Å²) in [5.74, 6) is -0.0419. The van der Waals surface area contributed by atoms with Crippen LogP contribution in [-0.4, -0.2) is 31.6 Å². The third-order valence-electron chi connectivity index (χ3n) is 3.73. The third-order valence-corrected chi connectivity index (χ3v) is 3.73. The maximum absolute atomic E-state index is 12.3. The van der Waals surface area contributed by atoms with E-state index in [-0.39, 0.29) is 18.9 Å². The SMILES string of the molecule is Cc1ccc(OCCC(=O)OC(C)C(=O)N(C)c2ccccc2)cc1. The molecule has 1 unspecified atom stereocenters. The van der Waals surface area contributed by atoms with Crippen LogP contribution in [0.5, 0.6) is 5.75 Å². The second kappa shape index (κ2) is 8.87. The number of likely N-dealkylation sites (N-methyl/N-ethyl adjacent to an activating group) is 1. The van der Waals surface area contributed by atoms with Gasteiger partial charge in [-0.2, -0.15) is 0 Å². The fraction of sp³-hybridized carbons (Fsp3) is 0.300. The van der Waals surface area contributed by atoms with Gasteiger partial charge in [-0.3, -0.25) is 9.59 Å². The Labute approximate surface area is 148 Å². The zero-order valence-corrected chi connectivity index (χ0v) is 14.8. The molecule has 0 bridgehead atoms. The number of anilines is 1. The van der Waals surface area contributed by atoms with E-state index in [2.05, 4.69) is 0 Å². The maximum Gasteiger partial charge on any atom is 0.310 e. The van der Waals surface area contributed by atoms with Crippen LogP contribution in [0.4, 0.5) is 5.69 Å². The van der Waals surface area contributed by atoms with Crippen LogP contribution >= 0.6 is 0 Å². The van der Waals surface area contributed by atoms with Gasteiger partial charge in [0.25, 0.3) is 5.91 Å². The molecule has 0 fully saturated rings. The molecule has 0 saturated carbocycles. The molecule has 2 aromatic carbocycles. The lowest BCUT2D eigenvalue weighted by atomic mass is 10.2. The van der Waals surface area contributed by atoms with Crippen LogP contribution in [0.2, 0.25) is 0 Å². The van der Waals surface area contributed by atoms with E-state index in [1.165, 1.54) is 4.90 Å².